The monoisotopic (exact) mass is 425 g/mol. The first-order valence-corrected chi connectivity index (χ1v) is 10.1. The number of carbonyl (C=O) groups is 3. The van der Waals surface area contributed by atoms with E-state index in [4.69, 9.17) is 9.84 Å². The summed E-state index contributed by atoms with van der Waals surface area (Å²) in [5.41, 5.74) is 2.32. The first-order valence-electron chi connectivity index (χ1n) is 10.1. The van der Waals surface area contributed by atoms with Crippen LogP contribution in [0.5, 0.6) is 0 Å². The summed E-state index contributed by atoms with van der Waals surface area (Å²) in [6.07, 6.45) is 1.30. The molecule has 0 bridgehead atoms. The Labute approximate surface area is 181 Å². The van der Waals surface area contributed by atoms with Crippen molar-refractivity contribution in [3.8, 4) is 11.3 Å². The third kappa shape index (κ3) is 5.02. The highest BCUT2D eigenvalue weighted by molar-refractivity contribution is 5.94. The van der Waals surface area contributed by atoms with E-state index in [0.717, 1.165) is 16.8 Å². The van der Waals surface area contributed by atoms with Crippen LogP contribution in [0.1, 0.15) is 63.0 Å². The van der Waals surface area contributed by atoms with Gasteiger partial charge in [-0.2, -0.15) is 0 Å². The number of nitrogens with one attached hydrogen (secondary N) is 1. The summed E-state index contributed by atoms with van der Waals surface area (Å²) in [6, 6.07) is 8.21. The predicted molar refractivity (Wildman–Crippen MR) is 116 cm³/mol. The number of hydrogen-bond acceptors (Lipinski definition) is 5. The molecule has 0 saturated carbocycles. The number of anilines is 1. The highest BCUT2D eigenvalue weighted by Crippen LogP contribution is 2.39. The van der Waals surface area contributed by atoms with Gasteiger partial charge in [0, 0.05) is 30.4 Å². The van der Waals surface area contributed by atoms with E-state index < -0.39 is 17.7 Å². The number of amides is 2. The van der Waals surface area contributed by atoms with Gasteiger partial charge >= 0.3 is 12.1 Å². The minimum absolute atomic E-state index is 0.0823. The van der Waals surface area contributed by atoms with E-state index in [2.05, 4.69) is 10.3 Å². The van der Waals surface area contributed by atoms with Crippen LogP contribution in [0.25, 0.3) is 11.3 Å². The minimum Gasteiger partial charge on any atom is -0.478 e. The van der Waals surface area contributed by atoms with Crippen LogP contribution >= 0.6 is 0 Å². The Kier molecular flexibility index (Phi) is 6.01. The third-order valence-electron chi connectivity index (χ3n) is 5.02. The van der Waals surface area contributed by atoms with E-state index >= 15 is 0 Å². The molecule has 0 fully saturated rings. The Hall–Kier alpha value is -3.42. The summed E-state index contributed by atoms with van der Waals surface area (Å²) in [4.78, 5) is 41.8. The molecule has 0 aliphatic carbocycles. The molecule has 2 N–H and O–H groups in total. The number of pyridine rings is 1. The number of carboxylic acids is 1. The van der Waals surface area contributed by atoms with Crippen molar-refractivity contribution in [3.63, 3.8) is 0 Å². The molecule has 8 heteroatoms. The molecule has 2 aromatic rings. The molecule has 0 radical (unpaired) electrons. The standard InChI is InChI=1S/C23H27N3O5/c1-13-10-19(25-22(30)31-23(3,4)5)17-11-15(7-9-20(17)26(13)14(2)27)18-8-6-16(12-24-18)21(28)29/h6-9,11-13,19H,10H2,1-5H3,(H,25,30)(H,28,29). The van der Waals surface area contributed by atoms with E-state index in [1.165, 1.54) is 19.2 Å². The number of ether oxygens (including phenoxy) is 1. The molecule has 2 unspecified atom stereocenters. The first-order chi connectivity index (χ1) is 14.5. The number of rotatable bonds is 3. The van der Waals surface area contributed by atoms with Gasteiger partial charge in [-0.1, -0.05) is 6.07 Å². The van der Waals surface area contributed by atoms with Gasteiger partial charge in [0.05, 0.1) is 17.3 Å². The quantitative estimate of drug-likeness (QED) is 0.764. The van der Waals surface area contributed by atoms with Gasteiger partial charge in [0.1, 0.15) is 5.60 Å². The van der Waals surface area contributed by atoms with Gasteiger partial charge < -0.3 is 20.1 Å². The van der Waals surface area contributed by atoms with Crippen molar-refractivity contribution < 1.29 is 24.2 Å². The Morgan fingerprint density at radius 1 is 1.19 bits per heavy atom. The third-order valence-corrected chi connectivity index (χ3v) is 5.02. The van der Waals surface area contributed by atoms with Crippen LogP contribution in [0.3, 0.4) is 0 Å². The predicted octanol–water partition coefficient (Wildman–Crippen LogP) is 4.16. The average Bonchev–Trinajstić information content (AvgIpc) is 2.66. The summed E-state index contributed by atoms with van der Waals surface area (Å²) in [5.74, 6) is -1.13. The van der Waals surface area contributed by atoms with Crippen molar-refractivity contribution in [2.75, 3.05) is 4.90 Å². The topological polar surface area (TPSA) is 109 Å². The zero-order valence-electron chi connectivity index (χ0n) is 18.3. The van der Waals surface area contributed by atoms with E-state index in [1.807, 2.05) is 25.1 Å². The summed E-state index contributed by atoms with van der Waals surface area (Å²) in [7, 11) is 0. The molecule has 1 aromatic heterocycles. The number of carbonyl (C=O) groups excluding carboxylic acids is 2. The maximum absolute atomic E-state index is 12.4. The lowest BCUT2D eigenvalue weighted by atomic mass is 9.89. The number of benzene rings is 1. The second-order valence-electron chi connectivity index (χ2n) is 8.68. The number of alkyl carbamates (subject to hydrolysis) is 1. The minimum atomic E-state index is -1.04. The molecule has 1 aromatic carbocycles. The van der Waals surface area contributed by atoms with Crippen LogP contribution in [0.4, 0.5) is 10.5 Å². The van der Waals surface area contributed by atoms with E-state index in [0.29, 0.717) is 12.1 Å². The summed E-state index contributed by atoms with van der Waals surface area (Å²) in [6.45, 7) is 8.85. The van der Waals surface area contributed by atoms with Crippen LogP contribution in [0, 0.1) is 0 Å². The van der Waals surface area contributed by atoms with Crippen molar-refractivity contribution in [1.29, 1.82) is 0 Å². The second-order valence-corrected chi connectivity index (χ2v) is 8.68. The summed E-state index contributed by atoms with van der Waals surface area (Å²) < 4.78 is 5.42. The van der Waals surface area contributed by atoms with Crippen LogP contribution in [0.2, 0.25) is 0 Å². The van der Waals surface area contributed by atoms with E-state index in [1.54, 1.807) is 31.7 Å². The first kappa shape index (κ1) is 22.3. The van der Waals surface area contributed by atoms with Gasteiger partial charge in [-0.05, 0) is 63.9 Å². The van der Waals surface area contributed by atoms with Crippen molar-refractivity contribution in [2.45, 2.75) is 58.7 Å². The SMILES string of the molecule is CC(=O)N1c2ccc(-c3ccc(C(=O)O)cn3)cc2C(NC(=O)OC(C)(C)C)CC1C. The van der Waals surface area contributed by atoms with Gasteiger partial charge in [-0.15, -0.1) is 0 Å². The van der Waals surface area contributed by atoms with Crippen LogP contribution in [0.15, 0.2) is 36.5 Å². The van der Waals surface area contributed by atoms with Crippen molar-refractivity contribution in [1.82, 2.24) is 10.3 Å². The largest absolute Gasteiger partial charge is 0.478 e. The summed E-state index contributed by atoms with van der Waals surface area (Å²) >= 11 is 0. The maximum Gasteiger partial charge on any atom is 0.408 e. The number of nitrogens with zero attached hydrogens (tertiary/aromatic N) is 2. The maximum atomic E-state index is 12.4. The lowest BCUT2D eigenvalue weighted by Crippen LogP contribution is -2.46. The van der Waals surface area contributed by atoms with Gasteiger partial charge in [0.15, 0.2) is 0 Å². The highest BCUT2D eigenvalue weighted by atomic mass is 16.6. The molecule has 1 aliphatic heterocycles. The fraction of sp³-hybridized carbons (Fsp3) is 0.391. The summed E-state index contributed by atoms with van der Waals surface area (Å²) in [5, 5.41) is 12.0. The molecule has 1 aliphatic rings. The number of aromatic carboxylic acids is 1. The van der Waals surface area contributed by atoms with E-state index in [9.17, 15) is 14.4 Å². The van der Waals surface area contributed by atoms with Crippen molar-refractivity contribution >= 4 is 23.7 Å². The van der Waals surface area contributed by atoms with Crippen molar-refractivity contribution in [3.05, 3.63) is 47.7 Å². The number of fused-ring (bicyclic) bond motifs is 1. The Morgan fingerprint density at radius 3 is 2.45 bits per heavy atom. The average molecular weight is 425 g/mol. The highest BCUT2D eigenvalue weighted by Gasteiger charge is 2.34. The molecule has 0 spiro atoms. The molecule has 8 nitrogen and oxygen atoms in total. The smallest absolute Gasteiger partial charge is 0.408 e. The van der Waals surface area contributed by atoms with Gasteiger partial charge in [-0.25, -0.2) is 9.59 Å². The van der Waals surface area contributed by atoms with E-state index in [-0.39, 0.29) is 23.6 Å². The zero-order valence-corrected chi connectivity index (χ0v) is 18.3. The Morgan fingerprint density at radius 2 is 1.90 bits per heavy atom. The molecular formula is C23H27N3O5. The molecule has 31 heavy (non-hydrogen) atoms. The molecule has 164 valence electrons. The lowest BCUT2D eigenvalue weighted by molar-refractivity contribution is -0.117. The molecule has 3 rings (SSSR count). The lowest BCUT2D eigenvalue weighted by Gasteiger charge is -2.39. The molecule has 2 atom stereocenters. The van der Waals surface area contributed by atoms with Gasteiger partial charge in [-0.3, -0.25) is 9.78 Å². The fourth-order valence-corrected chi connectivity index (χ4v) is 3.78. The second kappa shape index (κ2) is 8.37. The number of aromatic nitrogens is 1. The number of carboxylic acid groups (broad SMARTS) is 1. The van der Waals surface area contributed by atoms with Gasteiger partial charge in [0.25, 0.3) is 0 Å². The van der Waals surface area contributed by atoms with Crippen LogP contribution in [-0.4, -0.2) is 39.7 Å². The molecule has 2 amide bonds. The number of hydrogen-bond donors (Lipinski definition) is 2. The molecular weight excluding hydrogens is 398 g/mol. The van der Waals surface area contributed by atoms with Gasteiger partial charge in [0.2, 0.25) is 5.91 Å². The van der Waals surface area contributed by atoms with Crippen molar-refractivity contribution in [2.24, 2.45) is 0 Å². The molecule has 0 saturated heterocycles. The normalized spacial score (nSPS) is 18.2. The fourth-order valence-electron chi connectivity index (χ4n) is 3.78. The van der Waals surface area contributed by atoms with Crippen LogP contribution < -0.4 is 10.2 Å². The Balaban J connectivity index is 2.00. The zero-order chi connectivity index (χ0) is 22.9. The van der Waals surface area contributed by atoms with Crippen LogP contribution in [-0.2, 0) is 9.53 Å². The Bertz CT molecular complexity index is 1010. The molecule has 2 heterocycles.